The van der Waals surface area contributed by atoms with Crippen LogP contribution in [-0.2, 0) is 0 Å². The third kappa shape index (κ3) is 4.47. The van der Waals surface area contributed by atoms with Crippen LogP contribution in [-0.4, -0.2) is 0 Å². The van der Waals surface area contributed by atoms with Crippen molar-refractivity contribution in [2.24, 2.45) is 20.5 Å². The first-order valence-electron chi connectivity index (χ1n) is 8.13. The number of nitrogens with zero attached hydrogens (tertiary/aromatic N) is 6. The smallest absolute Gasteiger partial charge is 0.104 e. The molecule has 0 saturated carbocycles. The van der Waals surface area contributed by atoms with Crippen molar-refractivity contribution in [2.45, 2.75) is 6.92 Å². The first kappa shape index (κ1) is 17.7. The quantitative estimate of drug-likeness (QED) is 0.497. The molecule has 0 amide bonds. The molecule has 0 radical (unpaired) electrons. The summed E-state index contributed by atoms with van der Waals surface area (Å²) in [7, 11) is 0. The first-order chi connectivity index (χ1) is 13.2. The van der Waals surface area contributed by atoms with Gasteiger partial charge in [0.05, 0.1) is 34.3 Å². The average molecular weight is 350 g/mol. The minimum Gasteiger partial charge on any atom is -0.192 e. The Labute approximate surface area is 156 Å². The highest BCUT2D eigenvalue weighted by atomic mass is 15.1. The van der Waals surface area contributed by atoms with E-state index in [0.29, 0.717) is 22.5 Å². The molecule has 3 rings (SSSR count). The van der Waals surface area contributed by atoms with Crippen molar-refractivity contribution in [3.63, 3.8) is 0 Å². The van der Waals surface area contributed by atoms with Crippen LogP contribution in [0.1, 0.15) is 16.7 Å². The maximum Gasteiger partial charge on any atom is 0.104 e. The van der Waals surface area contributed by atoms with Crippen molar-refractivity contribution in [3.8, 4) is 12.1 Å². The van der Waals surface area contributed by atoms with E-state index >= 15 is 0 Å². The Balaban J connectivity index is 1.80. The van der Waals surface area contributed by atoms with Crippen molar-refractivity contribution in [1.82, 2.24) is 0 Å². The molecule has 0 N–H and O–H groups in total. The van der Waals surface area contributed by atoms with E-state index in [1.165, 1.54) is 6.07 Å². The molecule has 0 aliphatic heterocycles. The van der Waals surface area contributed by atoms with Crippen molar-refractivity contribution >= 4 is 22.7 Å². The van der Waals surface area contributed by atoms with Gasteiger partial charge in [-0.25, -0.2) is 0 Å². The third-order valence-electron chi connectivity index (χ3n) is 3.73. The Morgan fingerprint density at radius 1 is 0.667 bits per heavy atom. The molecule has 0 saturated heterocycles. The highest BCUT2D eigenvalue weighted by molar-refractivity contribution is 5.57. The number of nitriles is 2. The summed E-state index contributed by atoms with van der Waals surface area (Å²) < 4.78 is 0. The number of rotatable bonds is 4. The van der Waals surface area contributed by atoms with E-state index in [4.69, 9.17) is 5.26 Å². The van der Waals surface area contributed by atoms with Crippen LogP contribution in [0.4, 0.5) is 22.7 Å². The van der Waals surface area contributed by atoms with E-state index in [1.54, 1.807) is 18.2 Å². The second-order valence-electron chi connectivity index (χ2n) is 5.66. The molecule has 3 aromatic carbocycles. The van der Waals surface area contributed by atoms with Gasteiger partial charge >= 0.3 is 0 Å². The van der Waals surface area contributed by atoms with Crippen LogP contribution >= 0.6 is 0 Å². The SMILES string of the molecule is Cc1cc(N=Nc2ccc(C#N)cc2C#N)ccc1N=Nc1ccccc1. The number of hydrogen-bond donors (Lipinski definition) is 0. The van der Waals surface area contributed by atoms with Crippen molar-refractivity contribution in [1.29, 1.82) is 10.5 Å². The third-order valence-corrected chi connectivity index (χ3v) is 3.73. The summed E-state index contributed by atoms with van der Waals surface area (Å²) in [5.74, 6) is 0. The van der Waals surface area contributed by atoms with Gasteiger partial charge in [-0.15, -0.1) is 5.11 Å². The number of benzene rings is 3. The zero-order valence-corrected chi connectivity index (χ0v) is 14.5. The van der Waals surface area contributed by atoms with Gasteiger partial charge in [0.1, 0.15) is 11.8 Å². The van der Waals surface area contributed by atoms with Crippen LogP contribution < -0.4 is 0 Å². The summed E-state index contributed by atoms with van der Waals surface area (Å²) in [6, 6.07) is 23.7. The second kappa shape index (κ2) is 8.28. The first-order valence-corrected chi connectivity index (χ1v) is 8.13. The van der Waals surface area contributed by atoms with Crippen molar-refractivity contribution in [2.75, 3.05) is 0 Å². The van der Waals surface area contributed by atoms with Gasteiger partial charge in [0.15, 0.2) is 0 Å². The van der Waals surface area contributed by atoms with E-state index < -0.39 is 0 Å². The van der Waals surface area contributed by atoms with Gasteiger partial charge in [0, 0.05) is 0 Å². The Kier molecular flexibility index (Phi) is 5.42. The molecule has 0 bridgehead atoms. The molecule has 0 atom stereocenters. The zero-order chi connectivity index (χ0) is 19.1. The molecule has 0 aromatic heterocycles. The fraction of sp³-hybridized carbons (Fsp3) is 0.0476. The lowest BCUT2D eigenvalue weighted by Crippen LogP contribution is -1.79. The number of aryl methyl sites for hydroxylation is 1. The molecule has 3 aromatic rings. The highest BCUT2D eigenvalue weighted by Gasteiger charge is 2.03. The van der Waals surface area contributed by atoms with Crippen LogP contribution in [0.2, 0.25) is 0 Å². The van der Waals surface area contributed by atoms with Gasteiger partial charge in [-0.1, -0.05) is 18.2 Å². The largest absolute Gasteiger partial charge is 0.192 e. The van der Waals surface area contributed by atoms with Crippen molar-refractivity contribution < 1.29 is 0 Å². The van der Waals surface area contributed by atoms with E-state index in [1.807, 2.05) is 61.5 Å². The summed E-state index contributed by atoms with van der Waals surface area (Å²) in [5, 5.41) is 34.9. The lowest BCUT2D eigenvalue weighted by Gasteiger charge is -2.01. The molecular weight excluding hydrogens is 336 g/mol. The van der Waals surface area contributed by atoms with Crippen LogP contribution in [0.5, 0.6) is 0 Å². The van der Waals surface area contributed by atoms with Crippen LogP contribution in [0.3, 0.4) is 0 Å². The average Bonchev–Trinajstić information content (AvgIpc) is 2.72. The maximum absolute atomic E-state index is 9.19. The summed E-state index contributed by atoms with van der Waals surface area (Å²) >= 11 is 0. The minimum absolute atomic E-state index is 0.308. The highest BCUT2D eigenvalue weighted by Crippen LogP contribution is 2.28. The normalized spacial score (nSPS) is 10.8. The monoisotopic (exact) mass is 350 g/mol. The molecular formula is C21H14N6. The van der Waals surface area contributed by atoms with Gasteiger partial charge < -0.3 is 0 Å². The summed E-state index contributed by atoms with van der Waals surface area (Å²) in [6.07, 6.45) is 0. The predicted molar refractivity (Wildman–Crippen MR) is 102 cm³/mol. The summed E-state index contributed by atoms with van der Waals surface area (Å²) in [4.78, 5) is 0. The summed E-state index contributed by atoms with van der Waals surface area (Å²) in [5.41, 5.74) is 4.21. The summed E-state index contributed by atoms with van der Waals surface area (Å²) in [6.45, 7) is 1.92. The van der Waals surface area contributed by atoms with Gasteiger partial charge in [-0.2, -0.15) is 25.9 Å². The molecule has 128 valence electrons. The molecule has 0 aliphatic carbocycles. The lowest BCUT2D eigenvalue weighted by molar-refractivity contribution is 1.19. The molecule has 0 unspecified atom stereocenters. The minimum atomic E-state index is 0.308. The van der Waals surface area contributed by atoms with Crippen LogP contribution in [0, 0.1) is 29.6 Å². The molecule has 6 heteroatoms. The topological polar surface area (TPSA) is 97.0 Å². The van der Waals surface area contributed by atoms with E-state index in [-0.39, 0.29) is 0 Å². The lowest BCUT2D eigenvalue weighted by atomic mass is 10.1. The fourth-order valence-corrected chi connectivity index (χ4v) is 2.31. The standard InChI is InChI=1S/C21H14N6/c1-15-11-19(8-10-20(15)26-24-18-5-3-2-4-6-18)25-27-21-9-7-16(13-22)12-17(21)14-23/h2-12H,1H3. The van der Waals surface area contributed by atoms with Gasteiger partial charge in [0.2, 0.25) is 0 Å². The molecule has 0 fully saturated rings. The van der Waals surface area contributed by atoms with Gasteiger partial charge in [-0.05, 0) is 61.0 Å². The van der Waals surface area contributed by atoms with Gasteiger partial charge in [0.25, 0.3) is 0 Å². The van der Waals surface area contributed by atoms with Crippen molar-refractivity contribution in [3.05, 3.63) is 83.4 Å². The Morgan fingerprint density at radius 3 is 2.07 bits per heavy atom. The molecule has 27 heavy (non-hydrogen) atoms. The Bertz CT molecular complexity index is 1100. The maximum atomic E-state index is 9.19. The van der Waals surface area contributed by atoms with Gasteiger partial charge in [-0.3, -0.25) is 0 Å². The molecule has 0 aliphatic rings. The fourth-order valence-electron chi connectivity index (χ4n) is 2.31. The van der Waals surface area contributed by atoms with Crippen LogP contribution in [0.15, 0.2) is 87.2 Å². The van der Waals surface area contributed by atoms with E-state index in [9.17, 15) is 5.26 Å². The van der Waals surface area contributed by atoms with E-state index in [2.05, 4.69) is 20.5 Å². The number of hydrogen-bond acceptors (Lipinski definition) is 6. The molecule has 6 nitrogen and oxygen atoms in total. The Hall–Kier alpha value is -4.16. The van der Waals surface area contributed by atoms with E-state index in [0.717, 1.165) is 16.9 Å². The predicted octanol–water partition coefficient (Wildman–Crippen LogP) is 6.57. The second-order valence-corrected chi connectivity index (χ2v) is 5.66. The number of azo groups is 2. The van der Waals surface area contributed by atoms with Crippen LogP contribution in [0.25, 0.3) is 0 Å². The molecule has 0 heterocycles. The molecule has 0 spiro atoms. The zero-order valence-electron chi connectivity index (χ0n) is 14.5. The Morgan fingerprint density at radius 2 is 1.37 bits per heavy atom.